The number of hydrogen-bond donors (Lipinski definition) is 0. The molecule has 0 aromatic carbocycles. The van der Waals surface area contributed by atoms with Crippen LogP contribution in [-0.4, -0.2) is 25.0 Å². The van der Waals surface area contributed by atoms with Gasteiger partial charge in [-0.15, -0.1) is 0 Å². The molecule has 92 valence electrons. The maximum atomic E-state index is 11.7. The third-order valence-electron chi connectivity index (χ3n) is 1.76. The molecule has 0 spiro atoms. The Morgan fingerprint density at radius 2 is 1.81 bits per heavy atom. The summed E-state index contributed by atoms with van der Waals surface area (Å²) in [5.41, 5.74) is -0.00241. The van der Waals surface area contributed by atoms with Crippen LogP contribution in [0.25, 0.3) is 0 Å². The van der Waals surface area contributed by atoms with Gasteiger partial charge in [0.05, 0.1) is 13.2 Å². The number of rotatable bonds is 7. The first kappa shape index (κ1) is 14.7. The van der Waals surface area contributed by atoms with Crippen molar-refractivity contribution in [2.24, 2.45) is 5.92 Å². The molecule has 0 bridgehead atoms. The molecule has 0 N–H and O–H groups in total. The maximum absolute atomic E-state index is 11.7. The zero-order valence-corrected chi connectivity index (χ0v) is 10.4. The number of carbonyl (C=O) groups is 2. The topological polar surface area (TPSA) is 52.6 Å². The van der Waals surface area contributed by atoms with Gasteiger partial charge in [-0.3, -0.25) is 4.79 Å². The van der Waals surface area contributed by atoms with Crippen LogP contribution >= 0.6 is 0 Å². The smallest absolute Gasteiger partial charge is 0.344 e. The number of ether oxygens (including phenoxy) is 2. The Morgan fingerprint density at radius 1 is 1.19 bits per heavy atom. The summed E-state index contributed by atoms with van der Waals surface area (Å²) in [5.74, 6) is -0.643. The van der Waals surface area contributed by atoms with Crippen molar-refractivity contribution in [2.45, 2.75) is 34.1 Å². The molecule has 0 aliphatic carbocycles. The predicted octanol–water partition coefficient (Wildman–Crippen LogP) is 2.09. The minimum absolute atomic E-state index is 0.00241. The molecular formula is C12H20O4. The summed E-state index contributed by atoms with van der Waals surface area (Å²) < 4.78 is 9.78. The average molecular weight is 228 g/mol. The summed E-state index contributed by atoms with van der Waals surface area (Å²) >= 11 is 0. The molecule has 16 heavy (non-hydrogen) atoms. The van der Waals surface area contributed by atoms with Crippen LogP contribution in [0.2, 0.25) is 0 Å². The standard InChI is InChI=1S/C12H20O4/c1-5-15-8-10(12(14)16-6-2)11(13)7-9(3)4/h8-9H,5-7H2,1-4H3/b10-8-. The summed E-state index contributed by atoms with van der Waals surface area (Å²) in [4.78, 5) is 23.2. The summed E-state index contributed by atoms with van der Waals surface area (Å²) in [5, 5.41) is 0. The van der Waals surface area contributed by atoms with Gasteiger partial charge in [0.2, 0.25) is 0 Å². The van der Waals surface area contributed by atoms with E-state index in [1.54, 1.807) is 13.8 Å². The molecule has 0 fully saturated rings. The van der Waals surface area contributed by atoms with E-state index in [0.29, 0.717) is 13.0 Å². The van der Waals surface area contributed by atoms with Gasteiger partial charge in [0.25, 0.3) is 0 Å². The second kappa shape index (κ2) is 7.91. The number of ketones is 1. The fourth-order valence-corrected chi connectivity index (χ4v) is 1.08. The van der Waals surface area contributed by atoms with Crippen LogP contribution in [-0.2, 0) is 19.1 Å². The first-order valence-corrected chi connectivity index (χ1v) is 5.54. The Kier molecular flexibility index (Phi) is 7.25. The van der Waals surface area contributed by atoms with E-state index in [1.807, 2.05) is 13.8 Å². The molecule has 4 nitrogen and oxygen atoms in total. The first-order valence-electron chi connectivity index (χ1n) is 5.54. The lowest BCUT2D eigenvalue weighted by Gasteiger charge is -2.07. The molecule has 0 rings (SSSR count). The highest BCUT2D eigenvalue weighted by atomic mass is 16.5. The lowest BCUT2D eigenvalue weighted by molar-refractivity contribution is -0.140. The van der Waals surface area contributed by atoms with Crippen molar-refractivity contribution in [3.05, 3.63) is 11.8 Å². The minimum atomic E-state index is -0.610. The highest BCUT2D eigenvalue weighted by molar-refractivity contribution is 6.17. The number of hydrogen-bond acceptors (Lipinski definition) is 4. The SMILES string of the molecule is CCO/C=C(/C(=O)CC(C)C)C(=O)OCC. The van der Waals surface area contributed by atoms with Gasteiger partial charge in [-0.1, -0.05) is 13.8 Å². The van der Waals surface area contributed by atoms with E-state index in [1.165, 1.54) is 6.26 Å². The summed E-state index contributed by atoms with van der Waals surface area (Å²) in [7, 11) is 0. The monoisotopic (exact) mass is 228 g/mol. The summed E-state index contributed by atoms with van der Waals surface area (Å²) in [6.07, 6.45) is 1.51. The van der Waals surface area contributed by atoms with Gasteiger partial charge in [0.1, 0.15) is 11.8 Å². The van der Waals surface area contributed by atoms with E-state index < -0.39 is 5.97 Å². The minimum Gasteiger partial charge on any atom is -0.500 e. The molecule has 0 saturated heterocycles. The molecule has 0 aromatic rings. The lowest BCUT2D eigenvalue weighted by Crippen LogP contribution is -2.17. The summed E-state index contributed by atoms with van der Waals surface area (Å²) in [6.45, 7) is 7.98. The van der Waals surface area contributed by atoms with Crippen LogP contribution in [0.3, 0.4) is 0 Å². The van der Waals surface area contributed by atoms with E-state index in [2.05, 4.69) is 0 Å². The zero-order chi connectivity index (χ0) is 12.6. The van der Waals surface area contributed by atoms with Crippen molar-refractivity contribution >= 4 is 11.8 Å². The van der Waals surface area contributed by atoms with Crippen molar-refractivity contribution in [1.82, 2.24) is 0 Å². The molecule has 4 heteroatoms. The average Bonchev–Trinajstić information content (AvgIpc) is 2.17. The van der Waals surface area contributed by atoms with Crippen LogP contribution in [0.4, 0.5) is 0 Å². The fourth-order valence-electron chi connectivity index (χ4n) is 1.08. The number of esters is 1. The van der Waals surface area contributed by atoms with Crippen molar-refractivity contribution in [3.8, 4) is 0 Å². The Balaban J connectivity index is 4.66. The first-order chi connectivity index (χ1) is 7.52. The molecular weight excluding hydrogens is 208 g/mol. The van der Waals surface area contributed by atoms with Crippen molar-refractivity contribution in [3.63, 3.8) is 0 Å². The second-order valence-electron chi connectivity index (χ2n) is 3.73. The van der Waals surface area contributed by atoms with Gasteiger partial charge in [-0.05, 0) is 19.8 Å². The lowest BCUT2D eigenvalue weighted by atomic mass is 10.0. The van der Waals surface area contributed by atoms with Crippen molar-refractivity contribution in [2.75, 3.05) is 13.2 Å². The van der Waals surface area contributed by atoms with Crippen LogP contribution in [0.1, 0.15) is 34.1 Å². The molecule has 0 amide bonds. The van der Waals surface area contributed by atoms with Gasteiger partial charge >= 0.3 is 5.97 Å². The Hall–Kier alpha value is -1.32. The van der Waals surface area contributed by atoms with E-state index in [9.17, 15) is 9.59 Å². The molecule has 0 unspecified atom stereocenters. The predicted molar refractivity (Wildman–Crippen MR) is 60.8 cm³/mol. The van der Waals surface area contributed by atoms with Gasteiger partial charge in [-0.2, -0.15) is 0 Å². The molecule has 0 aliphatic heterocycles. The van der Waals surface area contributed by atoms with Crippen LogP contribution < -0.4 is 0 Å². The van der Waals surface area contributed by atoms with E-state index in [-0.39, 0.29) is 23.9 Å². The van der Waals surface area contributed by atoms with E-state index >= 15 is 0 Å². The van der Waals surface area contributed by atoms with Gasteiger partial charge in [-0.25, -0.2) is 4.79 Å². The van der Waals surface area contributed by atoms with Crippen molar-refractivity contribution < 1.29 is 19.1 Å². The highest BCUT2D eigenvalue weighted by Gasteiger charge is 2.20. The normalized spacial score (nSPS) is 11.4. The van der Waals surface area contributed by atoms with Crippen molar-refractivity contribution in [1.29, 1.82) is 0 Å². The fraction of sp³-hybridized carbons (Fsp3) is 0.667. The second-order valence-corrected chi connectivity index (χ2v) is 3.73. The summed E-state index contributed by atoms with van der Waals surface area (Å²) in [6, 6.07) is 0. The van der Waals surface area contributed by atoms with Gasteiger partial charge in [0.15, 0.2) is 5.78 Å². The van der Waals surface area contributed by atoms with E-state index in [4.69, 9.17) is 9.47 Å². The Bertz CT molecular complexity index is 266. The highest BCUT2D eigenvalue weighted by Crippen LogP contribution is 2.09. The molecule has 0 radical (unpaired) electrons. The quantitative estimate of drug-likeness (QED) is 0.220. The van der Waals surface area contributed by atoms with Gasteiger partial charge in [0, 0.05) is 6.42 Å². The van der Waals surface area contributed by atoms with Crippen LogP contribution in [0.15, 0.2) is 11.8 Å². The molecule has 0 saturated carbocycles. The Labute approximate surface area is 96.6 Å². The van der Waals surface area contributed by atoms with E-state index in [0.717, 1.165) is 0 Å². The molecule has 0 atom stereocenters. The zero-order valence-electron chi connectivity index (χ0n) is 10.4. The molecule has 0 aromatic heterocycles. The third kappa shape index (κ3) is 5.53. The molecule has 0 aliphatic rings. The van der Waals surface area contributed by atoms with Crippen LogP contribution in [0, 0.1) is 5.92 Å². The number of carbonyl (C=O) groups excluding carboxylic acids is 2. The van der Waals surface area contributed by atoms with Gasteiger partial charge < -0.3 is 9.47 Å². The maximum Gasteiger partial charge on any atom is 0.344 e. The largest absolute Gasteiger partial charge is 0.500 e. The van der Waals surface area contributed by atoms with Crippen LogP contribution in [0.5, 0.6) is 0 Å². The third-order valence-corrected chi connectivity index (χ3v) is 1.76. The molecule has 0 heterocycles. The Morgan fingerprint density at radius 3 is 2.25 bits per heavy atom. The number of Topliss-reactive ketones (excluding diaryl/α,β-unsaturated/α-hetero) is 1.